The van der Waals surface area contributed by atoms with Gasteiger partial charge in [-0.3, -0.25) is 0 Å². The molecule has 1 aromatic rings. The first-order chi connectivity index (χ1) is 9.74. The zero-order chi connectivity index (χ0) is 14.6. The molecule has 0 spiro atoms. The molecule has 1 N–H and O–H groups in total. The van der Waals surface area contributed by atoms with Crippen molar-refractivity contribution >= 4 is 5.95 Å². The predicted octanol–water partition coefficient (Wildman–Crippen LogP) is 5.09. The van der Waals surface area contributed by atoms with Crippen molar-refractivity contribution in [2.45, 2.75) is 78.7 Å². The highest BCUT2D eigenvalue weighted by Gasteiger charge is 2.02. The van der Waals surface area contributed by atoms with E-state index in [0.717, 1.165) is 19.0 Å². The fourth-order valence-electron chi connectivity index (χ4n) is 2.37. The molecule has 0 radical (unpaired) electrons. The highest BCUT2D eigenvalue weighted by Crippen LogP contribution is 2.11. The Morgan fingerprint density at radius 3 is 2.35 bits per heavy atom. The number of unbranched alkanes of at least 4 members (excludes halogenated alkanes) is 7. The van der Waals surface area contributed by atoms with Crippen molar-refractivity contribution in [3.05, 3.63) is 12.4 Å². The van der Waals surface area contributed by atoms with E-state index in [1.165, 1.54) is 51.4 Å². The Morgan fingerprint density at radius 1 is 1.05 bits per heavy atom. The third-order valence-electron chi connectivity index (χ3n) is 3.64. The normalized spacial score (nSPS) is 11.2. The molecule has 0 atom stereocenters. The van der Waals surface area contributed by atoms with E-state index in [4.69, 9.17) is 0 Å². The van der Waals surface area contributed by atoms with Crippen LogP contribution in [-0.2, 0) is 6.54 Å². The van der Waals surface area contributed by atoms with Gasteiger partial charge in [0.15, 0.2) is 0 Å². The molecule has 1 aromatic heterocycles. The number of aromatic nitrogens is 2. The van der Waals surface area contributed by atoms with Gasteiger partial charge in [-0.05, 0) is 12.3 Å². The summed E-state index contributed by atoms with van der Waals surface area (Å²) in [5.74, 6) is 1.69. The van der Waals surface area contributed by atoms with Gasteiger partial charge in [-0.2, -0.15) is 0 Å². The minimum Gasteiger partial charge on any atom is -0.355 e. The fourth-order valence-corrected chi connectivity index (χ4v) is 2.37. The number of aryl methyl sites for hydroxylation is 1. The number of anilines is 1. The Balaban J connectivity index is 2.08. The van der Waals surface area contributed by atoms with Crippen molar-refractivity contribution in [2.75, 3.05) is 11.9 Å². The molecule has 116 valence electrons. The second kappa shape index (κ2) is 10.8. The van der Waals surface area contributed by atoms with Crippen LogP contribution in [0.25, 0.3) is 0 Å². The zero-order valence-electron chi connectivity index (χ0n) is 13.7. The average molecular weight is 279 g/mol. The molecule has 1 heterocycles. The van der Waals surface area contributed by atoms with E-state index in [0.29, 0.717) is 5.92 Å². The third kappa shape index (κ3) is 7.56. The Labute approximate surface area is 125 Å². The molecule has 1 rings (SSSR count). The maximum absolute atomic E-state index is 4.39. The summed E-state index contributed by atoms with van der Waals surface area (Å²) in [6.07, 6.45) is 15.0. The Hall–Kier alpha value is -0.990. The van der Waals surface area contributed by atoms with Gasteiger partial charge >= 0.3 is 0 Å². The SMILES string of the molecule is CCCCCCCCCCn1ccnc1NCC(C)C. The minimum absolute atomic E-state index is 0.656. The summed E-state index contributed by atoms with van der Waals surface area (Å²) in [5.41, 5.74) is 0. The van der Waals surface area contributed by atoms with Gasteiger partial charge in [-0.1, -0.05) is 65.7 Å². The summed E-state index contributed by atoms with van der Waals surface area (Å²) in [6.45, 7) is 8.80. The maximum atomic E-state index is 4.39. The van der Waals surface area contributed by atoms with Crippen LogP contribution in [0, 0.1) is 5.92 Å². The van der Waals surface area contributed by atoms with Crippen molar-refractivity contribution in [1.29, 1.82) is 0 Å². The predicted molar refractivity (Wildman–Crippen MR) is 88.2 cm³/mol. The minimum atomic E-state index is 0.656. The molecule has 0 unspecified atom stereocenters. The second-order valence-electron chi connectivity index (χ2n) is 6.19. The lowest BCUT2D eigenvalue weighted by atomic mass is 10.1. The van der Waals surface area contributed by atoms with E-state index in [1.807, 2.05) is 6.20 Å². The summed E-state index contributed by atoms with van der Waals surface area (Å²) in [5, 5.41) is 3.42. The van der Waals surface area contributed by atoms with E-state index in [2.05, 4.69) is 41.8 Å². The summed E-state index contributed by atoms with van der Waals surface area (Å²) >= 11 is 0. The quantitative estimate of drug-likeness (QED) is 0.540. The van der Waals surface area contributed by atoms with Crippen LogP contribution in [0.3, 0.4) is 0 Å². The molecule has 20 heavy (non-hydrogen) atoms. The van der Waals surface area contributed by atoms with E-state index >= 15 is 0 Å². The van der Waals surface area contributed by atoms with Crippen molar-refractivity contribution < 1.29 is 0 Å². The van der Waals surface area contributed by atoms with Crippen LogP contribution in [0.5, 0.6) is 0 Å². The lowest BCUT2D eigenvalue weighted by Crippen LogP contribution is -2.12. The molecule has 3 heteroatoms. The first-order valence-electron chi connectivity index (χ1n) is 8.49. The highest BCUT2D eigenvalue weighted by atomic mass is 15.2. The number of hydrogen-bond donors (Lipinski definition) is 1. The largest absolute Gasteiger partial charge is 0.355 e. The van der Waals surface area contributed by atoms with E-state index in [1.54, 1.807) is 0 Å². The van der Waals surface area contributed by atoms with Gasteiger partial charge in [0.2, 0.25) is 5.95 Å². The van der Waals surface area contributed by atoms with Gasteiger partial charge in [0.05, 0.1) is 0 Å². The third-order valence-corrected chi connectivity index (χ3v) is 3.64. The second-order valence-corrected chi connectivity index (χ2v) is 6.19. The molecule has 0 saturated carbocycles. The highest BCUT2D eigenvalue weighted by molar-refractivity contribution is 5.25. The molecular weight excluding hydrogens is 246 g/mol. The molecule has 3 nitrogen and oxygen atoms in total. The van der Waals surface area contributed by atoms with Gasteiger partial charge in [-0.25, -0.2) is 4.98 Å². The average Bonchev–Trinajstić information content (AvgIpc) is 2.87. The molecule has 0 aliphatic heterocycles. The van der Waals surface area contributed by atoms with Crippen LogP contribution in [0.1, 0.15) is 72.1 Å². The van der Waals surface area contributed by atoms with Gasteiger partial charge < -0.3 is 9.88 Å². The lowest BCUT2D eigenvalue weighted by molar-refractivity contribution is 0.544. The Morgan fingerprint density at radius 2 is 1.70 bits per heavy atom. The molecule has 0 aliphatic rings. The standard InChI is InChI=1S/C17H33N3/c1-4-5-6-7-8-9-10-11-13-20-14-12-18-17(20)19-15-16(2)3/h12,14,16H,4-11,13,15H2,1-3H3,(H,18,19). The molecule has 0 saturated heterocycles. The Kier molecular flexibility index (Phi) is 9.18. The van der Waals surface area contributed by atoms with Crippen molar-refractivity contribution in [3.8, 4) is 0 Å². The van der Waals surface area contributed by atoms with Gasteiger partial charge in [0.1, 0.15) is 0 Å². The van der Waals surface area contributed by atoms with Crippen LogP contribution < -0.4 is 5.32 Å². The number of hydrogen-bond acceptors (Lipinski definition) is 2. The van der Waals surface area contributed by atoms with Crippen molar-refractivity contribution in [1.82, 2.24) is 9.55 Å². The summed E-state index contributed by atoms with van der Waals surface area (Å²) < 4.78 is 2.25. The number of imidazole rings is 1. The Bertz CT molecular complexity index is 331. The van der Waals surface area contributed by atoms with Crippen LogP contribution in [0.2, 0.25) is 0 Å². The number of nitrogens with zero attached hydrogens (tertiary/aromatic N) is 2. The van der Waals surface area contributed by atoms with Crippen molar-refractivity contribution in [3.63, 3.8) is 0 Å². The van der Waals surface area contributed by atoms with E-state index in [-0.39, 0.29) is 0 Å². The zero-order valence-corrected chi connectivity index (χ0v) is 13.7. The molecular formula is C17H33N3. The monoisotopic (exact) mass is 279 g/mol. The molecule has 0 aliphatic carbocycles. The van der Waals surface area contributed by atoms with Gasteiger partial charge in [-0.15, -0.1) is 0 Å². The van der Waals surface area contributed by atoms with Crippen LogP contribution in [-0.4, -0.2) is 16.1 Å². The lowest BCUT2D eigenvalue weighted by Gasteiger charge is -2.11. The van der Waals surface area contributed by atoms with E-state index in [9.17, 15) is 0 Å². The maximum Gasteiger partial charge on any atom is 0.202 e. The van der Waals surface area contributed by atoms with E-state index < -0.39 is 0 Å². The first kappa shape index (κ1) is 17.1. The van der Waals surface area contributed by atoms with Crippen molar-refractivity contribution in [2.24, 2.45) is 5.92 Å². The number of rotatable bonds is 12. The summed E-state index contributed by atoms with van der Waals surface area (Å²) in [6, 6.07) is 0. The summed E-state index contributed by atoms with van der Waals surface area (Å²) in [4.78, 5) is 4.39. The molecule has 0 bridgehead atoms. The van der Waals surface area contributed by atoms with Gasteiger partial charge in [0, 0.05) is 25.5 Å². The fraction of sp³-hybridized carbons (Fsp3) is 0.824. The molecule has 0 aromatic carbocycles. The van der Waals surface area contributed by atoms with Gasteiger partial charge in [0.25, 0.3) is 0 Å². The smallest absolute Gasteiger partial charge is 0.202 e. The van der Waals surface area contributed by atoms with Crippen LogP contribution >= 0.6 is 0 Å². The number of nitrogens with one attached hydrogen (secondary N) is 1. The summed E-state index contributed by atoms with van der Waals surface area (Å²) in [7, 11) is 0. The topological polar surface area (TPSA) is 29.9 Å². The van der Waals surface area contributed by atoms with Crippen LogP contribution in [0.15, 0.2) is 12.4 Å². The molecule has 0 fully saturated rings. The molecule has 0 amide bonds. The first-order valence-corrected chi connectivity index (χ1v) is 8.49. The van der Waals surface area contributed by atoms with Crippen LogP contribution in [0.4, 0.5) is 5.95 Å².